The number of nitrogens with one attached hydrogen (secondary N) is 1. The number of nitrogens with two attached hydrogens (primary N) is 1. The molecule has 7 heteroatoms. The zero-order valence-corrected chi connectivity index (χ0v) is 16.4. The van der Waals surface area contributed by atoms with Gasteiger partial charge in [-0.15, -0.1) is 12.4 Å². The Morgan fingerprint density at radius 1 is 1.38 bits per heavy atom. The number of rotatable bonds is 6. The van der Waals surface area contributed by atoms with E-state index in [1.54, 1.807) is 0 Å². The number of halogens is 1. The Hall–Kier alpha value is -1.66. The molecular weight excluding hydrogens is 352 g/mol. The Morgan fingerprint density at radius 3 is 2.62 bits per heavy atom. The normalized spacial score (nSPS) is 19.3. The molecule has 0 bridgehead atoms. The van der Waals surface area contributed by atoms with Gasteiger partial charge in [-0.05, 0) is 50.5 Å². The van der Waals surface area contributed by atoms with Crippen LogP contribution in [-0.4, -0.2) is 28.1 Å². The Balaban J connectivity index is 0.00000196. The molecule has 1 unspecified atom stereocenters. The predicted octanol–water partition coefficient (Wildman–Crippen LogP) is 3.50. The van der Waals surface area contributed by atoms with Crippen LogP contribution in [0, 0.1) is 5.92 Å². The first-order chi connectivity index (χ1) is 11.9. The molecule has 1 amide bonds. The minimum atomic E-state index is -0.360. The van der Waals surface area contributed by atoms with E-state index in [0.717, 1.165) is 42.5 Å². The summed E-state index contributed by atoms with van der Waals surface area (Å²) in [6.07, 6.45) is 4.48. The van der Waals surface area contributed by atoms with E-state index in [0.29, 0.717) is 29.7 Å². The fourth-order valence-electron chi connectivity index (χ4n) is 3.52. The second-order valence-corrected chi connectivity index (χ2v) is 8.12. The summed E-state index contributed by atoms with van der Waals surface area (Å²) in [7, 11) is 0. The molecule has 2 fully saturated rings. The number of carbonyl (C=O) groups excluding carboxylic acids is 1. The van der Waals surface area contributed by atoms with Crippen LogP contribution in [0.4, 0.5) is 0 Å². The van der Waals surface area contributed by atoms with Gasteiger partial charge >= 0.3 is 0 Å². The standard InChI is InChI=1S/C19H26N4O2.ClH/c1-10(2)16-15-13(17(24)22-19(3,9-20)12-6-7-12)8-14(11-4-5-11)21-18(15)25-23-16;/h8,10-12H,4-7,9,20H2,1-3H3,(H,22,24);1H. The van der Waals surface area contributed by atoms with Crippen LogP contribution in [0.1, 0.15) is 80.0 Å². The molecule has 26 heavy (non-hydrogen) atoms. The fourth-order valence-corrected chi connectivity index (χ4v) is 3.52. The Kier molecular flexibility index (Phi) is 5.01. The average molecular weight is 379 g/mol. The van der Waals surface area contributed by atoms with E-state index in [9.17, 15) is 4.79 Å². The summed E-state index contributed by atoms with van der Waals surface area (Å²) in [5, 5.41) is 8.12. The lowest BCUT2D eigenvalue weighted by Crippen LogP contribution is -2.53. The monoisotopic (exact) mass is 378 g/mol. The minimum absolute atomic E-state index is 0. The fraction of sp³-hybridized carbons (Fsp3) is 0.632. The Bertz CT molecular complexity index is 826. The number of amides is 1. The molecule has 4 rings (SSSR count). The van der Waals surface area contributed by atoms with Gasteiger partial charge in [0.05, 0.1) is 22.2 Å². The smallest absolute Gasteiger partial charge is 0.259 e. The van der Waals surface area contributed by atoms with Crippen LogP contribution < -0.4 is 11.1 Å². The van der Waals surface area contributed by atoms with Crippen molar-refractivity contribution < 1.29 is 9.32 Å². The maximum absolute atomic E-state index is 13.2. The number of aromatic nitrogens is 2. The van der Waals surface area contributed by atoms with E-state index in [4.69, 9.17) is 10.3 Å². The molecule has 2 aliphatic carbocycles. The van der Waals surface area contributed by atoms with Gasteiger partial charge in [-0.1, -0.05) is 19.0 Å². The van der Waals surface area contributed by atoms with Crippen LogP contribution in [-0.2, 0) is 0 Å². The number of pyridine rings is 1. The number of carbonyl (C=O) groups is 1. The second-order valence-electron chi connectivity index (χ2n) is 8.12. The summed E-state index contributed by atoms with van der Waals surface area (Å²) in [4.78, 5) is 17.8. The van der Waals surface area contributed by atoms with Gasteiger partial charge in [-0.25, -0.2) is 4.98 Å². The van der Waals surface area contributed by atoms with Crippen LogP contribution in [0.5, 0.6) is 0 Å². The Labute approximate surface area is 159 Å². The lowest BCUT2D eigenvalue weighted by molar-refractivity contribution is 0.0899. The van der Waals surface area contributed by atoms with Gasteiger partial charge < -0.3 is 15.6 Å². The van der Waals surface area contributed by atoms with Crippen molar-refractivity contribution in [1.82, 2.24) is 15.5 Å². The van der Waals surface area contributed by atoms with E-state index in [2.05, 4.69) is 15.5 Å². The molecule has 2 aliphatic rings. The van der Waals surface area contributed by atoms with E-state index in [1.165, 1.54) is 0 Å². The van der Waals surface area contributed by atoms with Gasteiger partial charge in [-0.3, -0.25) is 4.79 Å². The summed E-state index contributed by atoms with van der Waals surface area (Å²) >= 11 is 0. The van der Waals surface area contributed by atoms with E-state index >= 15 is 0 Å². The molecule has 1 atom stereocenters. The molecule has 0 radical (unpaired) electrons. The summed E-state index contributed by atoms with van der Waals surface area (Å²) in [6, 6.07) is 1.93. The van der Waals surface area contributed by atoms with Crippen LogP contribution in [0.15, 0.2) is 10.6 Å². The van der Waals surface area contributed by atoms with Crippen molar-refractivity contribution in [3.05, 3.63) is 23.0 Å². The van der Waals surface area contributed by atoms with Crippen molar-refractivity contribution in [1.29, 1.82) is 0 Å². The summed E-state index contributed by atoms with van der Waals surface area (Å²) in [5.41, 5.74) is 8.43. The van der Waals surface area contributed by atoms with Crippen molar-refractivity contribution in [2.24, 2.45) is 11.7 Å². The molecule has 6 nitrogen and oxygen atoms in total. The molecule has 2 aromatic rings. The highest BCUT2D eigenvalue weighted by Crippen LogP contribution is 2.42. The van der Waals surface area contributed by atoms with Crippen LogP contribution in [0.25, 0.3) is 11.1 Å². The summed E-state index contributed by atoms with van der Waals surface area (Å²) < 4.78 is 5.47. The molecule has 3 N–H and O–H groups in total. The molecular formula is C19H27ClN4O2. The van der Waals surface area contributed by atoms with Crippen molar-refractivity contribution in [2.45, 2.75) is 63.8 Å². The molecule has 0 aliphatic heterocycles. The lowest BCUT2D eigenvalue weighted by atomic mass is 9.94. The quantitative estimate of drug-likeness (QED) is 0.802. The van der Waals surface area contributed by atoms with Crippen LogP contribution >= 0.6 is 12.4 Å². The van der Waals surface area contributed by atoms with Crippen molar-refractivity contribution in [3.63, 3.8) is 0 Å². The van der Waals surface area contributed by atoms with Crippen LogP contribution in [0.2, 0.25) is 0 Å². The second kappa shape index (κ2) is 6.82. The first kappa shape index (κ1) is 19.1. The highest BCUT2D eigenvalue weighted by molar-refractivity contribution is 6.06. The Morgan fingerprint density at radius 2 is 2.08 bits per heavy atom. The van der Waals surface area contributed by atoms with Gasteiger partial charge in [0.2, 0.25) is 0 Å². The van der Waals surface area contributed by atoms with E-state index in [1.807, 2.05) is 26.8 Å². The molecule has 2 heterocycles. The molecule has 142 valence electrons. The highest BCUT2D eigenvalue weighted by atomic mass is 35.5. The third-order valence-corrected chi connectivity index (χ3v) is 5.58. The third-order valence-electron chi connectivity index (χ3n) is 5.58. The van der Waals surface area contributed by atoms with Gasteiger partial charge in [0.25, 0.3) is 11.6 Å². The zero-order chi connectivity index (χ0) is 17.8. The van der Waals surface area contributed by atoms with Crippen molar-refractivity contribution >= 4 is 29.4 Å². The molecule has 0 saturated heterocycles. The number of fused-ring (bicyclic) bond motifs is 1. The zero-order valence-electron chi connectivity index (χ0n) is 15.5. The summed E-state index contributed by atoms with van der Waals surface area (Å²) in [5.74, 6) is 0.964. The van der Waals surface area contributed by atoms with Gasteiger partial charge in [0.1, 0.15) is 0 Å². The summed E-state index contributed by atoms with van der Waals surface area (Å²) in [6.45, 7) is 6.57. The number of hydrogen-bond acceptors (Lipinski definition) is 5. The van der Waals surface area contributed by atoms with E-state index < -0.39 is 0 Å². The molecule has 0 spiro atoms. The van der Waals surface area contributed by atoms with Gasteiger partial charge in [-0.2, -0.15) is 0 Å². The third kappa shape index (κ3) is 3.32. The molecule has 2 saturated carbocycles. The maximum Gasteiger partial charge on any atom is 0.259 e. The SMILES string of the molecule is CC(C)c1noc2nc(C3CC3)cc(C(=O)NC(C)(CN)C3CC3)c12.Cl. The minimum Gasteiger partial charge on any atom is -0.345 e. The molecule has 2 aromatic heterocycles. The first-order valence-electron chi connectivity index (χ1n) is 9.25. The maximum atomic E-state index is 13.2. The lowest BCUT2D eigenvalue weighted by Gasteiger charge is -2.29. The number of hydrogen-bond donors (Lipinski definition) is 2. The highest BCUT2D eigenvalue weighted by Gasteiger charge is 2.42. The average Bonchev–Trinajstić information content (AvgIpc) is 3.48. The van der Waals surface area contributed by atoms with E-state index in [-0.39, 0.29) is 29.8 Å². The predicted molar refractivity (Wildman–Crippen MR) is 103 cm³/mol. The van der Waals surface area contributed by atoms with Gasteiger partial charge in [0, 0.05) is 18.2 Å². The van der Waals surface area contributed by atoms with Crippen molar-refractivity contribution in [2.75, 3.05) is 6.54 Å². The topological polar surface area (TPSA) is 94.0 Å². The number of nitrogens with zero attached hydrogens (tertiary/aromatic N) is 2. The first-order valence-corrected chi connectivity index (χ1v) is 9.25. The largest absolute Gasteiger partial charge is 0.345 e. The van der Waals surface area contributed by atoms with Crippen LogP contribution in [0.3, 0.4) is 0 Å². The molecule has 0 aromatic carbocycles. The van der Waals surface area contributed by atoms with Crippen molar-refractivity contribution in [3.8, 4) is 0 Å². The van der Waals surface area contributed by atoms with Gasteiger partial charge in [0.15, 0.2) is 0 Å².